The van der Waals surface area contributed by atoms with E-state index < -0.39 is 27.8 Å². The van der Waals surface area contributed by atoms with E-state index in [1.807, 2.05) is 0 Å². The maximum atomic E-state index is 13.8. The van der Waals surface area contributed by atoms with E-state index >= 15 is 0 Å². The van der Waals surface area contributed by atoms with Crippen LogP contribution in [0.3, 0.4) is 0 Å². The zero-order valence-electron chi connectivity index (χ0n) is 15.2. The molecule has 0 saturated heterocycles. The molecule has 0 saturated carbocycles. The Morgan fingerprint density at radius 2 is 2.00 bits per heavy atom. The van der Waals surface area contributed by atoms with Crippen molar-refractivity contribution in [1.82, 2.24) is 9.55 Å². The molecule has 0 amide bonds. The van der Waals surface area contributed by atoms with Crippen molar-refractivity contribution in [1.29, 1.82) is 0 Å². The number of ether oxygens (including phenoxy) is 1. The average molecular weight is 429 g/mol. The largest absolute Gasteiger partial charge is 0.486 e. The molecule has 30 heavy (non-hydrogen) atoms. The van der Waals surface area contributed by atoms with Gasteiger partial charge < -0.3 is 9.30 Å². The predicted octanol–water partition coefficient (Wildman–Crippen LogP) is 4.27. The van der Waals surface area contributed by atoms with E-state index in [-0.39, 0.29) is 18.9 Å². The maximum absolute atomic E-state index is 13.8. The summed E-state index contributed by atoms with van der Waals surface area (Å²) in [5, 5.41) is 11.5. The minimum absolute atomic E-state index is 0.0400. The van der Waals surface area contributed by atoms with Gasteiger partial charge in [0.2, 0.25) is 0 Å². The lowest BCUT2D eigenvalue weighted by atomic mass is 10.2. The minimum atomic E-state index is -0.794. The van der Waals surface area contributed by atoms with Crippen LogP contribution in [0.4, 0.5) is 14.5 Å². The van der Waals surface area contributed by atoms with Gasteiger partial charge in [0.15, 0.2) is 11.6 Å². The van der Waals surface area contributed by atoms with E-state index in [4.69, 9.17) is 4.74 Å². The predicted molar refractivity (Wildman–Crippen MR) is 107 cm³/mol. The highest BCUT2D eigenvalue weighted by molar-refractivity contribution is 7.18. The molecule has 0 aliphatic heterocycles. The van der Waals surface area contributed by atoms with Crippen molar-refractivity contribution in [2.45, 2.75) is 13.2 Å². The van der Waals surface area contributed by atoms with Gasteiger partial charge in [-0.1, -0.05) is 12.1 Å². The van der Waals surface area contributed by atoms with Gasteiger partial charge in [-0.2, -0.15) is 0 Å². The standard InChI is InChI=1S/C20H13F2N3O4S/c21-13-6-7-17(14(22)9-13)29-11-12-3-1-4-15-19(12)30-18(23-15)10-24-8-2-5-16(20(24)26)25(27)28/h1-9H,10-11H2. The fraction of sp³-hybridized carbons (Fsp3) is 0.100. The Morgan fingerprint density at radius 3 is 2.77 bits per heavy atom. The van der Waals surface area contributed by atoms with Gasteiger partial charge in [-0.05, 0) is 24.3 Å². The third-order valence-corrected chi connectivity index (χ3v) is 5.45. The first-order valence-electron chi connectivity index (χ1n) is 8.71. The molecule has 2 heterocycles. The molecule has 152 valence electrons. The molecule has 0 unspecified atom stereocenters. The maximum Gasteiger partial charge on any atom is 0.334 e. The van der Waals surface area contributed by atoms with Crippen molar-refractivity contribution in [2.24, 2.45) is 0 Å². The van der Waals surface area contributed by atoms with Gasteiger partial charge in [0, 0.05) is 23.9 Å². The summed E-state index contributed by atoms with van der Waals surface area (Å²) >= 11 is 1.31. The molecule has 0 N–H and O–H groups in total. The molecule has 10 heteroatoms. The molecular weight excluding hydrogens is 416 g/mol. The van der Waals surface area contributed by atoms with E-state index in [1.54, 1.807) is 18.2 Å². The normalized spacial score (nSPS) is 11.0. The summed E-state index contributed by atoms with van der Waals surface area (Å²) in [5.41, 5.74) is 0.187. The Bertz CT molecular complexity index is 1320. The lowest BCUT2D eigenvalue weighted by molar-refractivity contribution is -0.386. The number of hydrogen-bond donors (Lipinski definition) is 0. The number of halogens is 2. The van der Waals surface area contributed by atoms with E-state index in [9.17, 15) is 23.7 Å². The van der Waals surface area contributed by atoms with Crippen molar-refractivity contribution in [2.75, 3.05) is 0 Å². The van der Waals surface area contributed by atoms with Crippen LogP contribution in [0.1, 0.15) is 10.6 Å². The van der Waals surface area contributed by atoms with Gasteiger partial charge in [0.05, 0.1) is 21.7 Å². The number of nitrogens with zero attached hydrogens (tertiary/aromatic N) is 3. The molecule has 0 bridgehead atoms. The van der Waals surface area contributed by atoms with Crippen molar-refractivity contribution in [3.63, 3.8) is 0 Å². The van der Waals surface area contributed by atoms with Crippen molar-refractivity contribution < 1.29 is 18.4 Å². The van der Waals surface area contributed by atoms with Crippen molar-refractivity contribution >= 4 is 27.2 Å². The van der Waals surface area contributed by atoms with Gasteiger partial charge in [-0.3, -0.25) is 14.9 Å². The molecule has 2 aromatic heterocycles. The van der Waals surface area contributed by atoms with Crippen LogP contribution in [0, 0.1) is 21.7 Å². The highest BCUT2D eigenvalue weighted by Gasteiger charge is 2.16. The molecule has 0 aliphatic carbocycles. The van der Waals surface area contributed by atoms with Crippen LogP contribution in [0.25, 0.3) is 10.2 Å². The summed E-state index contributed by atoms with van der Waals surface area (Å²) in [4.78, 5) is 26.9. The zero-order valence-corrected chi connectivity index (χ0v) is 16.1. The van der Waals surface area contributed by atoms with E-state index in [2.05, 4.69) is 4.98 Å². The lowest BCUT2D eigenvalue weighted by Crippen LogP contribution is -2.22. The first-order valence-corrected chi connectivity index (χ1v) is 9.53. The highest BCUT2D eigenvalue weighted by atomic mass is 32.1. The Labute approximate surface area is 172 Å². The van der Waals surface area contributed by atoms with Crippen LogP contribution in [0.15, 0.2) is 59.5 Å². The van der Waals surface area contributed by atoms with Crippen LogP contribution in [-0.2, 0) is 13.2 Å². The Kier molecular flexibility index (Phi) is 5.23. The molecule has 2 aromatic carbocycles. The number of benzene rings is 2. The average Bonchev–Trinajstić information content (AvgIpc) is 3.12. The summed E-state index contributed by atoms with van der Waals surface area (Å²) < 4.78 is 34.3. The fourth-order valence-corrected chi connectivity index (χ4v) is 3.97. The van der Waals surface area contributed by atoms with Gasteiger partial charge in [0.1, 0.15) is 17.4 Å². The number of aromatic nitrogens is 2. The van der Waals surface area contributed by atoms with E-state index in [0.717, 1.165) is 28.5 Å². The van der Waals surface area contributed by atoms with Gasteiger partial charge >= 0.3 is 11.2 Å². The second-order valence-electron chi connectivity index (χ2n) is 6.32. The number of rotatable bonds is 6. The number of hydrogen-bond acceptors (Lipinski definition) is 6. The smallest absolute Gasteiger partial charge is 0.334 e. The van der Waals surface area contributed by atoms with Gasteiger partial charge in [-0.15, -0.1) is 11.3 Å². The third kappa shape index (κ3) is 3.90. The quantitative estimate of drug-likeness (QED) is 0.337. The van der Waals surface area contributed by atoms with Crippen LogP contribution in [-0.4, -0.2) is 14.5 Å². The minimum Gasteiger partial charge on any atom is -0.486 e. The fourth-order valence-electron chi connectivity index (χ4n) is 2.91. The monoisotopic (exact) mass is 429 g/mol. The summed E-state index contributed by atoms with van der Waals surface area (Å²) in [6.07, 6.45) is 1.46. The van der Waals surface area contributed by atoms with Crippen LogP contribution < -0.4 is 10.3 Å². The van der Waals surface area contributed by atoms with E-state index in [0.29, 0.717) is 10.5 Å². The second-order valence-corrected chi connectivity index (χ2v) is 7.40. The molecule has 0 spiro atoms. The summed E-state index contributed by atoms with van der Waals surface area (Å²) in [6.45, 7) is 0.116. The van der Waals surface area contributed by atoms with E-state index in [1.165, 1.54) is 34.2 Å². The molecular formula is C20H13F2N3O4S. The Morgan fingerprint density at radius 1 is 1.17 bits per heavy atom. The summed E-state index contributed by atoms with van der Waals surface area (Å²) in [5.74, 6) is -1.55. The van der Waals surface area contributed by atoms with Crippen LogP contribution in [0.2, 0.25) is 0 Å². The Balaban J connectivity index is 1.60. The first-order chi connectivity index (χ1) is 14.4. The second kappa shape index (κ2) is 7.99. The summed E-state index contributed by atoms with van der Waals surface area (Å²) in [7, 11) is 0. The van der Waals surface area contributed by atoms with Gasteiger partial charge in [-0.25, -0.2) is 13.8 Å². The molecule has 0 radical (unpaired) electrons. The molecule has 7 nitrogen and oxygen atoms in total. The number of fused-ring (bicyclic) bond motifs is 1. The SMILES string of the molecule is O=c1c([N+](=O)[O-])cccn1Cc1nc2cccc(COc3ccc(F)cc3F)c2s1. The number of thiazole rings is 1. The van der Waals surface area contributed by atoms with Crippen LogP contribution in [0.5, 0.6) is 5.75 Å². The first kappa shape index (κ1) is 19.6. The topological polar surface area (TPSA) is 87.3 Å². The van der Waals surface area contributed by atoms with Gasteiger partial charge in [0.25, 0.3) is 0 Å². The summed E-state index contributed by atoms with van der Waals surface area (Å²) in [6, 6.07) is 11.0. The lowest BCUT2D eigenvalue weighted by Gasteiger charge is -2.07. The van der Waals surface area contributed by atoms with Crippen LogP contribution >= 0.6 is 11.3 Å². The molecule has 4 rings (SSSR count). The third-order valence-electron chi connectivity index (χ3n) is 4.32. The number of pyridine rings is 1. The number of nitro groups is 1. The molecule has 0 atom stereocenters. The molecule has 4 aromatic rings. The van der Waals surface area contributed by atoms with Crippen molar-refractivity contribution in [3.05, 3.63) is 97.4 Å². The zero-order chi connectivity index (χ0) is 21.3. The molecule has 0 fully saturated rings. The Hall–Kier alpha value is -3.66. The highest BCUT2D eigenvalue weighted by Crippen LogP contribution is 2.28. The molecule has 0 aliphatic rings. The van der Waals surface area contributed by atoms with Crippen molar-refractivity contribution in [3.8, 4) is 5.75 Å².